The van der Waals surface area contributed by atoms with Gasteiger partial charge in [-0.05, 0) is 10.8 Å². The van der Waals surface area contributed by atoms with E-state index in [0.29, 0.717) is 19.1 Å². The minimum atomic E-state index is -0.612. The molecule has 0 saturated heterocycles. The lowest BCUT2D eigenvalue weighted by Crippen LogP contribution is -2.38. The second-order valence-corrected chi connectivity index (χ2v) is 6.33. The normalized spacial score (nSPS) is 18.5. The number of hydrogen-bond acceptors (Lipinski definition) is 5. The molecule has 0 fully saturated rings. The molecule has 1 aliphatic rings. The van der Waals surface area contributed by atoms with E-state index in [1.807, 2.05) is 59.3 Å². The van der Waals surface area contributed by atoms with Crippen LogP contribution in [0.3, 0.4) is 0 Å². The largest absolute Gasteiger partial charge is 0.449 e. The van der Waals surface area contributed by atoms with E-state index >= 15 is 0 Å². The van der Waals surface area contributed by atoms with Crippen molar-refractivity contribution >= 4 is 0 Å². The van der Waals surface area contributed by atoms with E-state index in [-0.39, 0.29) is 0 Å². The molecule has 0 amide bonds. The maximum Gasteiger partial charge on any atom is 0.298 e. The van der Waals surface area contributed by atoms with Gasteiger partial charge in [0.05, 0.1) is 12.2 Å². The molecular weight excluding hydrogens is 328 g/mol. The Morgan fingerprint density at radius 2 is 1.77 bits per heavy atom. The molecule has 5 rings (SSSR count). The van der Waals surface area contributed by atoms with Gasteiger partial charge in [-0.3, -0.25) is 4.57 Å². The van der Waals surface area contributed by atoms with Crippen molar-refractivity contribution in [3.8, 4) is 17.3 Å². The second-order valence-electron chi connectivity index (χ2n) is 6.33. The van der Waals surface area contributed by atoms with Crippen LogP contribution >= 0.6 is 0 Å². The number of imidazole rings is 1. The minimum Gasteiger partial charge on any atom is -0.449 e. The van der Waals surface area contributed by atoms with Gasteiger partial charge in [0.25, 0.3) is 6.01 Å². The van der Waals surface area contributed by atoms with Gasteiger partial charge in [0.2, 0.25) is 0 Å². The summed E-state index contributed by atoms with van der Waals surface area (Å²) in [5.41, 5.74) is 2.42. The van der Waals surface area contributed by atoms with E-state index in [4.69, 9.17) is 4.74 Å². The molecule has 0 radical (unpaired) electrons. The average molecular weight is 344 g/mol. The summed E-state index contributed by atoms with van der Waals surface area (Å²) in [6, 6.07) is 20.8. The molecule has 128 valence electrons. The molecule has 4 aromatic rings. The lowest BCUT2D eigenvalue weighted by molar-refractivity contribution is 0.0559. The van der Waals surface area contributed by atoms with Crippen LogP contribution in [-0.4, -0.2) is 29.8 Å². The van der Waals surface area contributed by atoms with Crippen molar-refractivity contribution < 1.29 is 4.74 Å². The van der Waals surface area contributed by atoms with Gasteiger partial charge in [-0.1, -0.05) is 60.7 Å². The van der Waals surface area contributed by atoms with Crippen molar-refractivity contribution in [2.75, 3.05) is 0 Å². The van der Waals surface area contributed by atoms with Crippen LogP contribution in [0.4, 0.5) is 0 Å². The summed E-state index contributed by atoms with van der Waals surface area (Å²) in [6.07, 6.45) is 3.46. The first-order valence-corrected chi connectivity index (χ1v) is 8.40. The highest BCUT2D eigenvalue weighted by Gasteiger charge is 2.43. The van der Waals surface area contributed by atoms with Gasteiger partial charge in [0.15, 0.2) is 11.9 Å². The predicted molar refractivity (Wildman–Crippen MR) is 94.2 cm³/mol. The fourth-order valence-electron chi connectivity index (χ4n) is 3.38. The van der Waals surface area contributed by atoms with Gasteiger partial charge in [-0.25, -0.2) is 0 Å². The summed E-state index contributed by atoms with van der Waals surface area (Å²) in [5, 5.41) is 12.0. The fraction of sp³-hybridized carbons (Fsp3) is 0.158. The van der Waals surface area contributed by atoms with E-state index in [0.717, 1.165) is 16.8 Å². The van der Waals surface area contributed by atoms with E-state index in [2.05, 4.69) is 32.5 Å². The summed E-state index contributed by atoms with van der Waals surface area (Å²) in [4.78, 5) is 6.24. The number of nitrogens with zero attached hydrogens (tertiary/aromatic N) is 6. The zero-order valence-corrected chi connectivity index (χ0v) is 13.9. The van der Waals surface area contributed by atoms with Crippen LogP contribution in [0.5, 0.6) is 6.01 Å². The van der Waals surface area contributed by atoms with Gasteiger partial charge in [-0.15, -0.1) is 10.2 Å². The average Bonchev–Trinajstić information content (AvgIpc) is 3.39. The maximum absolute atomic E-state index is 6.38. The Morgan fingerprint density at radius 3 is 2.46 bits per heavy atom. The smallest absolute Gasteiger partial charge is 0.298 e. The van der Waals surface area contributed by atoms with Crippen LogP contribution < -0.4 is 4.74 Å². The molecule has 7 heteroatoms. The van der Waals surface area contributed by atoms with E-state index in [1.165, 1.54) is 6.33 Å². The van der Waals surface area contributed by atoms with Crippen molar-refractivity contribution in [3.63, 3.8) is 0 Å². The van der Waals surface area contributed by atoms with Crippen molar-refractivity contribution in [2.45, 2.75) is 18.7 Å². The Kier molecular flexibility index (Phi) is 3.31. The zero-order chi connectivity index (χ0) is 17.4. The predicted octanol–water partition coefficient (Wildman–Crippen LogP) is 2.52. The number of aromatic nitrogens is 6. The molecule has 2 aromatic heterocycles. The lowest BCUT2D eigenvalue weighted by atomic mass is 9.94. The molecule has 1 aliphatic heterocycles. The van der Waals surface area contributed by atoms with Crippen LogP contribution in [0.1, 0.15) is 5.56 Å². The van der Waals surface area contributed by atoms with Crippen LogP contribution in [0, 0.1) is 0 Å². The van der Waals surface area contributed by atoms with Crippen LogP contribution in [0.2, 0.25) is 0 Å². The van der Waals surface area contributed by atoms with Crippen LogP contribution in [0.15, 0.2) is 73.2 Å². The Labute approximate surface area is 149 Å². The lowest BCUT2D eigenvalue weighted by Gasteiger charge is -2.27. The minimum absolute atomic E-state index is 0.459. The molecule has 0 bridgehead atoms. The number of fused-ring (bicyclic) bond motifs is 1. The number of tetrazole rings is 1. The highest BCUT2D eigenvalue weighted by atomic mass is 16.5. The molecule has 3 heterocycles. The molecule has 7 nitrogen and oxygen atoms in total. The maximum atomic E-state index is 6.38. The number of benzene rings is 2. The SMILES string of the molecule is c1ccc(-c2cn3c(n2)OC(Cn2ncnn2)(c2ccccc2)C3)cc1. The summed E-state index contributed by atoms with van der Waals surface area (Å²) in [6.45, 7) is 1.09. The Hall–Kier alpha value is -3.48. The third-order valence-electron chi connectivity index (χ3n) is 4.61. The molecular formula is C19H16N6O. The van der Waals surface area contributed by atoms with Crippen molar-refractivity contribution in [1.82, 2.24) is 29.8 Å². The van der Waals surface area contributed by atoms with E-state index in [1.54, 1.807) is 4.80 Å². The van der Waals surface area contributed by atoms with Crippen LogP contribution in [0.25, 0.3) is 11.3 Å². The molecule has 1 unspecified atom stereocenters. The molecule has 1 atom stereocenters. The third-order valence-corrected chi connectivity index (χ3v) is 4.61. The zero-order valence-electron chi connectivity index (χ0n) is 13.9. The topological polar surface area (TPSA) is 70.7 Å². The Bertz CT molecular complexity index is 987. The number of rotatable bonds is 4. The number of hydrogen-bond donors (Lipinski definition) is 0. The van der Waals surface area contributed by atoms with Gasteiger partial charge in [-0.2, -0.15) is 9.78 Å². The van der Waals surface area contributed by atoms with Crippen molar-refractivity contribution in [2.24, 2.45) is 0 Å². The number of ether oxygens (including phenoxy) is 1. The second kappa shape index (κ2) is 5.80. The van der Waals surface area contributed by atoms with E-state index < -0.39 is 5.60 Å². The molecule has 26 heavy (non-hydrogen) atoms. The van der Waals surface area contributed by atoms with Gasteiger partial charge < -0.3 is 4.74 Å². The summed E-state index contributed by atoms with van der Waals surface area (Å²) in [7, 11) is 0. The molecule has 0 aliphatic carbocycles. The van der Waals surface area contributed by atoms with E-state index in [9.17, 15) is 0 Å². The molecule has 0 saturated carbocycles. The first-order valence-electron chi connectivity index (χ1n) is 8.40. The van der Waals surface area contributed by atoms with Gasteiger partial charge in [0, 0.05) is 11.8 Å². The quantitative estimate of drug-likeness (QED) is 0.569. The summed E-state index contributed by atoms with van der Waals surface area (Å²) < 4.78 is 8.43. The summed E-state index contributed by atoms with van der Waals surface area (Å²) in [5.74, 6) is 0. The first-order chi connectivity index (χ1) is 12.8. The fourth-order valence-corrected chi connectivity index (χ4v) is 3.38. The first kappa shape index (κ1) is 14.8. The molecule has 0 spiro atoms. The summed E-state index contributed by atoms with van der Waals surface area (Å²) >= 11 is 0. The standard InChI is InChI=1S/C19H16N6O/c1-3-7-15(8-4-1)17-11-24-12-19(26-18(24)22-17,13-25-21-14-20-23-25)16-9-5-2-6-10-16/h1-11,14H,12-13H2. The molecule has 2 aromatic carbocycles. The highest BCUT2D eigenvalue weighted by molar-refractivity contribution is 5.59. The van der Waals surface area contributed by atoms with Crippen molar-refractivity contribution in [3.05, 3.63) is 78.8 Å². The molecule has 0 N–H and O–H groups in total. The highest BCUT2D eigenvalue weighted by Crippen LogP contribution is 2.39. The monoisotopic (exact) mass is 344 g/mol. The Morgan fingerprint density at radius 1 is 1.00 bits per heavy atom. The third kappa shape index (κ3) is 2.45. The van der Waals surface area contributed by atoms with Crippen molar-refractivity contribution in [1.29, 1.82) is 0 Å². The van der Waals surface area contributed by atoms with Gasteiger partial charge >= 0.3 is 0 Å². The van der Waals surface area contributed by atoms with Crippen LogP contribution in [-0.2, 0) is 18.7 Å². The Balaban J connectivity index is 1.52. The van der Waals surface area contributed by atoms with Gasteiger partial charge in [0.1, 0.15) is 6.54 Å².